The van der Waals surface area contributed by atoms with Crippen LogP contribution in [0.15, 0.2) is 42.5 Å². The highest BCUT2D eigenvalue weighted by molar-refractivity contribution is 14.1. The number of benzene rings is 2. The number of halogens is 1. The van der Waals surface area contributed by atoms with Crippen LogP contribution in [0.4, 0.5) is 17.1 Å². The van der Waals surface area contributed by atoms with Crippen molar-refractivity contribution in [2.75, 3.05) is 22.5 Å². The molecule has 0 aliphatic rings. The zero-order valence-electron chi connectivity index (χ0n) is 12.9. The van der Waals surface area contributed by atoms with Crippen molar-refractivity contribution in [2.24, 2.45) is 0 Å². The average molecular weight is 423 g/mol. The number of carbonyl (C=O) groups excluding carboxylic acids is 2. The molecule has 0 aromatic heterocycles. The maximum Gasteiger partial charge on any atom is 0.243 e. The highest BCUT2D eigenvalue weighted by Crippen LogP contribution is 2.20. The topological polar surface area (TPSA) is 70.2 Å². The molecule has 2 amide bonds. The Balaban J connectivity index is 1.98. The molecule has 0 saturated carbocycles. The number of hydrogen-bond donors (Lipinski definition) is 3. The van der Waals surface area contributed by atoms with Crippen molar-refractivity contribution in [1.29, 1.82) is 0 Å². The summed E-state index contributed by atoms with van der Waals surface area (Å²) < 4.78 is 0.988. The predicted octanol–water partition coefficient (Wildman–Crippen LogP) is 3.61. The smallest absolute Gasteiger partial charge is 0.243 e. The minimum Gasteiger partial charge on any atom is -0.376 e. The summed E-state index contributed by atoms with van der Waals surface area (Å²) in [5.74, 6) is -0.255. The van der Waals surface area contributed by atoms with Crippen LogP contribution in [0, 0.1) is 10.5 Å². The summed E-state index contributed by atoms with van der Waals surface area (Å²) in [5, 5.41) is 8.70. The molecule has 2 aromatic carbocycles. The van der Waals surface area contributed by atoms with Crippen molar-refractivity contribution in [3.63, 3.8) is 0 Å². The molecule has 0 bridgehead atoms. The second-order valence-electron chi connectivity index (χ2n) is 5.09. The molecule has 0 aliphatic heterocycles. The third-order valence-corrected chi connectivity index (χ3v) is 4.09. The minimum atomic E-state index is -0.129. The van der Waals surface area contributed by atoms with Crippen molar-refractivity contribution in [3.8, 4) is 0 Å². The zero-order chi connectivity index (χ0) is 16.8. The number of aryl methyl sites for hydroxylation is 1. The maximum atomic E-state index is 12.1. The van der Waals surface area contributed by atoms with Crippen LogP contribution in [0.3, 0.4) is 0 Å². The van der Waals surface area contributed by atoms with Gasteiger partial charge in [-0.2, -0.15) is 0 Å². The molecular formula is C17H18IN3O2. The first kappa shape index (κ1) is 17.3. The van der Waals surface area contributed by atoms with Crippen LogP contribution in [0.2, 0.25) is 0 Å². The third-order valence-electron chi connectivity index (χ3n) is 3.15. The van der Waals surface area contributed by atoms with E-state index >= 15 is 0 Å². The molecule has 0 heterocycles. The van der Waals surface area contributed by atoms with Crippen LogP contribution >= 0.6 is 22.6 Å². The van der Waals surface area contributed by atoms with Crippen molar-refractivity contribution in [2.45, 2.75) is 13.8 Å². The van der Waals surface area contributed by atoms with Gasteiger partial charge in [0.25, 0.3) is 0 Å². The van der Waals surface area contributed by atoms with E-state index in [4.69, 9.17) is 0 Å². The largest absolute Gasteiger partial charge is 0.376 e. The first-order valence-corrected chi connectivity index (χ1v) is 8.20. The van der Waals surface area contributed by atoms with E-state index in [-0.39, 0.29) is 18.4 Å². The molecule has 120 valence electrons. The molecule has 0 spiro atoms. The van der Waals surface area contributed by atoms with Gasteiger partial charge in [-0.1, -0.05) is 18.2 Å². The van der Waals surface area contributed by atoms with E-state index in [0.717, 1.165) is 20.5 Å². The Hall–Kier alpha value is -2.09. The summed E-state index contributed by atoms with van der Waals surface area (Å²) in [6.07, 6.45) is 0. The number of hydrogen-bond acceptors (Lipinski definition) is 3. The van der Waals surface area contributed by atoms with Crippen molar-refractivity contribution < 1.29 is 9.59 Å². The Labute approximate surface area is 149 Å². The SMILES string of the molecule is CC(=O)Nc1ccc(C)c(NCC(=O)Nc2ccccc2I)c1. The van der Waals surface area contributed by atoms with Gasteiger partial charge in [-0.3, -0.25) is 9.59 Å². The van der Waals surface area contributed by atoms with Gasteiger partial charge in [0.2, 0.25) is 11.8 Å². The Morgan fingerprint density at radius 1 is 1.04 bits per heavy atom. The lowest BCUT2D eigenvalue weighted by Gasteiger charge is -2.12. The Morgan fingerprint density at radius 2 is 1.78 bits per heavy atom. The molecule has 0 atom stereocenters. The number of carbonyl (C=O) groups is 2. The lowest BCUT2D eigenvalue weighted by Crippen LogP contribution is -2.22. The van der Waals surface area contributed by atoms with Gasteiger partial charge in [0.1, 0.15) is 0 Å². The van der Waals surface area contributed by atoms with Gasteiger partial charge < -0.3 is 16.0 Å². The number of rotatable bonds is 5. The van der Waals surface area contributed by atoms with Gasteiger partial charge in [-0.15, -0.1) is 0 Å². The van der Waals surface area contributed by atoms with E-state index in [1.54, 1.807) is 0 Å². The Kier molecular flexibility index (Phi) is 5.97. The molecule has 0 fully saturated rings. The lowest BCUT2D eigenvalue weighted by atomic mass is 10.1. The van der Waals surface area contributed by atoms with Gasteiger partial charge >= 0.3 is 0 Å². The Bertz CT molecular complexity index is 732. The standard InChI is InChI=1S/C17H18IN3O2/c1-11-7-8-13(20-12(2)22)9-16(11)19-10-17(23)21-15-6-4-3-5-14(15)18/h3-9,19H,10H2,1-2H3,(H,20,22)(H,21,23). The molecular weight excluding hydrogens is 405 g/mol. The summed E-state index contributed by atoms with van der Waals surface area (Å²) in [6, 6.07) is 13.1. The van der Waals surface area contributed by atoms with Gasteiger partial charge in [0, 0.05) is 21.9 Å². The molecule has 2 rings (SSSR count). The van der Waals surface area contributed by atoms with Gasteiger partial charge in [-0.25, -0.2) is 0 Å². The molecule has 3 N–H and O–H groups in total. The number of para-hydroxylation sites is 1. The molecule has 0 radical (unpaired) electrons. The van der Waals surface area contributed by atoms with Gasteiger partial charge in [0.15, 0.2) is 0 Å². The Morgan fingerprint density at radius 3 is 2.48 bits per heavy atom. The fourth-order valence-electron chi connectivity index (χ4n) is 2.03. The van der Waals surface area contributed by atoms with Crippen molar-refractivity contribution in [1.82, 2.24) is 0 Å². The second-order valence-corrected chi connectivity index (χ2v) is 6.25. The minimum absolute atomic E-state index is 0.126. The molecule has 0 unspecified atom stereocenters. The summed E-state index contributed by atoms with van der Waals surface area (Å²) in [6.45, 7) is 3.55. The summed E-state index contributed by atoms with van der Waals surface area (Å²) in [7, 11) is 0. The van der Waals surface area contributed by atoms with Crippen LogP contribution < -0.4 is 16.0 Å². The van der Waals surface area contributed by atoms with Gasteiger partial charge in [0.05, 0.1) is 12.2 Å². The third kappa shape index (κ3) is 5.24. The number of nitrogens with one attached hydrogen (secondary N) is 3. The van der Waals surface area contributed by atoms with E-state index in [0.29, 0.717) is 5.69 Å². The lowest BCUT2D eigenvalue weighted by molar-refractivity contribution is -0.115. The first-order valence-electron chi connectivity index (χ1n) is 7.12. The predicted molar refractivity (Wildman–Crippen MR) is 102 cm³/mol. The van der Waals surface area contributed by atoms with E-state index in [9.17, 15) is 9.59 Å². The molecule has 2 aromatic rings. The monoisotopic (exact) mass is 423 g/mol. The highest BCUT2D eigenvalue weighted by atomic mass is 127. The molecule has 6 heteroatoms. The maximum absolute atomic E-state index is 12.1. The van der Waals surface area contributed by atoms with Crippen molar-refractivity contribution >= 4 is 51.5 Å². The fourth-order valence-corrected chi connectivity index (χ4v) is 2.55. The van der Waals surface area contributed by atoms with E-state index in [1.807, 2.05) is 49.4 Å². The molecule has 0 saturated heterocycles. The van der Waals surface area contributed by atoms with Crippen LogP contribution in [0.25, 0.3) is 0 Å². The van der Waals surface area contributed by atoms with Crippen molar-refractivity contribution in [3.05, 3.63) is 51.6 Å². The van der Waals surface area contributed by atoms with Crippen LogP contribution in [-0.4, -0.2) is 18.4 Å². The quantitative estimate of drug-likeness (QED) is 0.644. The average Bonchev–Trinajstić information content (AvgIpc) is 2.49. The van der Waals surface area contributed by atoms with E-state index in [1.165, 1.54) is 6.92 Å². The molecule has 23 heavy (non-hydrogen) atoms. The van der Waals surface area contributed by atoms with Gasteiger partial charge in [-0.05, 0) is 59.3 Å². The van der Waals surface area contributed by atoms with Crippen LogP contribution in [-0.2, 0) is 9.59 Å². The first-order chi connectivity index (χ1) is 11.0. The highest BCUT2D eigenvalue weighted by Gasteiger charge is 2.07. The van der Waals surface area contributed by atoms with E-state index in [2.05, 4.69) is 38.5 Å². The second kappa shape index (κ2) is 7.96. The summed E-state index contributed by atoms with van der Waals surface area (Å²) in [5.41, 5.74) is 3.31. The van der Waals surface area contributed by atoms with Crippen LogP contribution in [0.5, 0.6) is 0 Å². The molecule has 5 nitrogen and oxygen atoms in total. The zero-order valence-corrected chi connectivity index (χ0v) is 15.1. The number of amides is 2. The fraction of sp³-hybridized carbons (Fsp3) is 0.176. The summed E-state index contributed by atoms with van der Waals surface area (Å²) in [4.78, 5) is 23.2. The normalized spacial score (nSPS) is 10.0. The number of anilines is 3. The molecule has 0 aliphatic carbocycles. The van der Waals surface area contributed by atoms with E-state index < -0.39 is 0 Å². The van der Waals surface area contributed by atoms with Crippen LogP contribution in [0.1, 0.15) is 12.5 Å². The summed E-state index contributed by atoms with van der Waals surface area (Å²) >= 11 is 2.18.